The van der Waals surface area contributed by atoms with Crippen LogP contribution in [0, 0.1) is 0 Å². The number of aromatic nitrogens is 2. The Kier molecular flexibility index (Phi) is 6.50. The molecular formula is C20H21N3O5S. The second-order valence-corrected chi connectivity index (χ2v) is 6.87. The van der Waals surface area contributed by atoms with Gasteiger partial charge >= 0.3 is 0 Å². The summed E-state index contributed by atoms with van der Waals surface area (Å²) in [4.78, 5) is 12.4. The zero-order chi connectivity index (χ0) is 20.8. The maximum absolute atomic E-state index is 12.4. The Morgan fingerprint density at radius 3 is 2.31 bits per heavy atom. The first-order valence-electron chi connectivity index (χ1n) is 8.64. The molecule has 1 aromatic heterocycles. The van der Waals surface area contributed by atoms with Crippen molar-refractivity contribution in [2.24, 2.45) is 0 Å². The van der Waals surface area contributed by atoms with Crippen LogP contribution in [0.15, 0.2) is 36.4 Å². The Morgan fingerprint density at radius 2 is 1.62 bits per heavy atom. The molecule has 2 aromatic carbocycles. The number of anilines is 1. The van der Waals surface area contributed by atoms with Crippen molar-refractivity contribution in [2.75, 3.05) is 33.8 Å². The van der Waals surface area contributed by atoms with E-state index >= 15 is 0 Å². The first-order chi connectivity index (χ1) is 14.1. The average Bonchev–Trinajstić information content (AvgIpc) is 3.21. The van der Waals surface area contributed by atoms with E-state index in [1.165, 1.54) is 11.3 Å². The number of amides is 1. The van der Waals surface area contributed by atoms with Crippen LogP contribution < -0.4 is 24.3 Å². The van der Waals surface area contributed by atoms with E-state index in [9.17, 15) is 4.79 Å². The number of hydrogen-bond acceptors (Lipinski definition) is 8. The number of nitrogens with zero attached hydrogens (tertiary/aromatic N) is 2. The van der Waals surface area contributed by atoms with Crippen molar-refractivity contribution in [3.8, 4) is 33.6 Å². The van der Waals surface area contributed by atoms with E-state index in [2.05, 4.69) is 15.5 Å². The van der Waals surface area contributed by atoms with Gasteiger partial charge in [-0.05, 0) is 35.9 Å². The molecule has 0 atom stereocenters. The molecule has 0 saturated carbocycles. The zero-order valence-electron chi connectivity index (χ0n) is 16.5. The van der Waals surface area contributed by atoms with Crippen molar-refractivity contribution in [3.05, 3.63) is 42.0 Å². The second-order valence-electron chi connectivity index (χ2n) is 5.89. The highest BCUT2D eigenvalue weighted by Crippen LogP contribution is 2.36. The highest BCUT2D eigenvalue weighted by molar-refractivity contribution is 7.18. The topological polar surface area (TPSA) is 91.8 Å². The molecule has 1 heterocycles. The van der Waals surface area contributed by atoms with Gasteiger partial charge in [-0.2, -0.15) is 0 Å². The van der Waals surface area contributed by atoms with Gasteiger partial charge in [0.25, 0.3) is 0 Å². The Labute approximate surface area is 172 Å². The summed E-state index contributed by atoms with van der Waals surface area (Å²) in [6.45, 7) is 0. The van der Waals surface area contributed by atoms with Gasteiger partial charge in [-0.1, -0.05) is 17.4 Å². The molecule has 1 amide bonds. The fraction of sp³-hybridized carbons (Fsp3) is 0.250. The fourth-order valence-electron chi connectivity index (χ4n) is 2.70. The molecule has 1 N–H and O–H groups in total. The minimum absolute atomic E-state index is 0.164. The Morgan fingerprint density at radius 1 is 0.897 bits per heavy atom. The standard InChI is InChI=1S/C20H21N3O5S/c1-25-13-6-8-15(26-2)14(11-13)19-22-23-20(29-19)21-18(24)10-12-5-7-16(27-3)17(9-12)28-4/h5-9,11H,10H2,1-4H3,(H,21,23,24). The molecular weight excluding hydrogens is 394 g/mol. The Bertz CT molecular complexity index is 1010. The van der Waals surface area contributed by atoms with Gasteiger partial charge in [-0.15, -0.1) is 10.2 Å². The highest BCUT2D eigenvalue weighted by atomic mass is 32.1. The fourth-order valence-corrected chi connectivity index (χ4v) is 3.48. The van der Waals surface area contributed by atoms with Crippen LogP contribution in [0.5, 0.6) is 23.0 Å². The van der Waals surface area contributed by atoms with Gasteiger partial charge in [0, 0.05) is 0 Å². The number of methoxy groups -OCH3 is 4. The van der Waals surface area contributed by atoms with E-state index in [0.717, 1.165) is 11.1 Å². The number of carbonyl (C=O) groups is 1. The van der Waals surface area contributed by atoms with Crippen LogP contribution in [-0.4, -0.2) is 44.5 Å². The summed E-state index contributed by atoms with van der Waals surface area (Å²) in [5.41, 5.74) is 1.53. The lowest BCUT2D eigenvalue weighted by molar-refractivity contribution is -0.115. The van der Waals surface area contributed by atoms with Crippen molar-refractivity contribution >= 4 is 22.4 Å². The third-order valence-electron chi connectivity index (χ3n) is 4.12. The predicted molar refractivity (Wildman–Crippen MR) is 110 cm³/mol. The van der Waals surface area contributed by atoms with Crippen LogP contribution in [0.3, 0.4) is 0 Å². The van der Waals surface area contributed by atoms with Crippen LogP contribution in [0.2, 0.25) is 0 Å². The smallest absolute Gasteiger partial charge is 0.230 e. The third kappa shape index (κ3) is 4.75. The van der Waals surface area contributed by atoms with Gasteiger partial charge < -0.3 is 24.3 Å². The molecule has 0 aliphatic heterocycles. The maximum Gasteiger partial charge on any atom is 0.230 e. The summed E-state index contributed by atoms with van der Waals surface area (Å²) in [6, 6.07) is 10.8. The van der Waals surface area contributed by atoms with Gasteiger partial charge in [0.2, 0.25) is 11.0 Å². The molecule has 0 aliphatic carbocycles. The quantitative estimate of drug-likeness (QED) is 0.603. The van der Waals surface area contributed by atoms with Gasteiger partial charge in [-0.25, -0.2) is 0 Å². The molecule has 0 spiro atoms. The van der Waals surface area contributed by atoms with Gasteiger partial charge in [0.15, 0.2) is 16.5 Å². The first-order valence-corrected chi connectivity index (χ1v) is 9.46. The molecule has 8 nitrogen and oxygen atoms in total. The van der Waals surface area contributed by atoms with Crippen molar-refractivity contribution in [3.63, 3.8) is 0 Å². The van der Waals surface area contributed by atoms with E-state index in [1.54, 1.807) is 52.7 Å². The highest BCUT2D eigenvalue weighted by Gasteiger charge is 2.15. The number of rotatable bonds is 8. The second kappa shape index (κ2) is 9.24. The Hall–Kier alpha value is -3.33. The van der Waals surface area contributed by atoms with Gasteiger partial charge in [0.1, 0.15) is 11.5 Å². The van der Waals surface area contributed by atoms with E-state index in [-0.39, 0.29) is 12.3 Å². The summed E-state index contributed by atoms with van der Waals surface area (Å²) in [6.07, 6.45) is 0.164. The molecule has 3 aromatic rings. The van der Waals surface area contributed by atoms with E-state index in [1.807, 2.05) is 12.1 Å². The number of ether oxygens (including phenoxy) is 4. The number of hydrogen-bond donors (Lipinski definition) is 1. The van der Waals surface area contributed by atoms with Crippen molar-refractivity contribution in [2.45, 2.75) is 6.42 Å². The Balaban J connectivity index is 1.73. The van der Waals surface area contributed by atoms with E-state index in [0.29, 0.717) is 33.1 Å². The number of nitrogens with one attached hydrogen (secondary N) is 1. The molecule has 152 valence electrons. The molecule has 0 fully saturated rings. The summed E-state index contributed by atoms with van der Waals surface area (Å²) in [5, 5.41) is 12.0. The van der Waals surface area contributed by atoms with E-state index < -0.39 is 0 Å². The third-order valence-corrected chi connectivity index (χ3v) is 4.99. The van der Waals surface area contributed by atoms with Crippen molar-refractivity contribution in [1.82, 2.24) is 10.2 Å². The minimum atomic E-state index is -0.211. The molecule has 3 rings (SSSR count). The van der Waals surface area contributed by atoms with Crippen molar-refractivity contribution < 1.29 is 23.7 Å². The SMILES string of the molecule is COc1ccc(OC)c(-c2nnc(NC(=O)Cc3ccc(OC)c(OC)c3)s2)c1. The average molecular weight is 415 g/mol. The monoisotopic (exact) mass is 415 g/mol. The molecule has 0 aliphatic rings. The van der Waals surface area contributed by atoms with Crippen LogP contribution in [-0.2, 0) is 11.2 Å². The summed E-state index contributed by atoms with van der Waals surface area (Å²) in [7, 11) is 6.29. The lowest BCUT2D eigenvalue weighted by atomic mass is 10.1. The van der Waals surface area contributed by atoms with Gasteiger partial charge in [0.05, 0.1) is 40.4 Å². The van der Waals surface area contributed by atoms with Crippen LogP contribution in [0.4, 0.5) is 5.13 Å². The zero-order valence-corrected chi connectivity index (χ0v) is 17.3. The summed E-state index contributed by atoms with van der Waals surface area (Å²) >= 11 is 1.25. The molecule has 9 heteroatoms. The normalized spacial score (nSPS) is 10.3. The number of benzene rings is 2. The summed E-state index contributed by atoms with van der Waals surface area (Å²) in [5.74, 6) is 2.29. The summed E-state index contributed by atoms with van der Waals surface area (Å²) < 4.78 is 21.1. The van der Waals surface area contributed by atoms with Gasteiger partial charge in [-0.3, -0.25) is 4.79 Å². The minimum Gasteiger partial charge on any atom is -0.497 e. The first kappa shape index (κ1) is 20.4. The van der Waals surface area contributed by atoms with Crippen molar-refractivity contribution in [1.29, 1.82) is 0 Å². The maximum atomic E-state index is 12.4. The van der Waals surface area contributed by atoms with Crippen LogP contribution in [0.1, 0.15) is 5.56 Å². The molecule has 29 heavy (non-hydrogen) atoms. The lowest BCUT2D eigenvalue weighted by Gasteiger charge is -2.09. The lowest BCUT2D eigenvalue weighted by Crippen LogP contribution is -2.14. The van der Waals surface area contributed by atoms with Crippen LogP contribution in [0.25, 0.3) is 10.6 Å². The van der Waals surface area contributed by atoms with Crippen LogP contribution >= 0.6 is 11.3 Å². The molecule has 0 bridgehead atoms. The molecule has 0 radical (unpaired) electrons. The molecule has 0 saturated heterocycles. The number of carbonyl (C=O) groups excluding carboxylic acids is 1. The largest absolute Gasteiger partial charge is 0.497 e. The van der Waals surface area contributed by atoms with E-state index in [4.69, 9.17) is 18.9 Å². The predicted octanol–water partition coefficient (Wildman–Crippen LogP) is 3.42. The molecule has 0 unspecified atom stereocenters.